The summed E-state index contributed by atoms with van der Waals surface area (Å²) < 4.78 is 17.8. The zero-order chi connectivity index (χ0) is 62.3. The van der Waals surface area contributed by atoms with E-state index in [-0.39, 0.29) is 20.6 Å². The molecule has 7 aromatic rings. The smallest absolute Gasteiger partial charge is 0.417 e. The van der Waals surface area contributed by atoms with E-state index in [1.165, 1.54) is 26.2 Å². The van der Waals surface area contributed by atoms with Gasteiger partial charge in [0.1, 0.15) is 30.5 Å². The molecule has 8 rings (SSSR count). The summed E-state index contributed by atoms with van der Waals surface area (Å²) in [5.74, 6) is 40.6. The molecule has 88 heavy (non-hydrogen) atoms. The first-order valence-corrected chi connectivity index (χ1v) is 27.0. The molecule has 1 saturated heterocycles. The van der Waals surface area contributed by atoms with Crippen LogP contribution in [0, 0.1) is 107 Å². The van der Waals surface area contributed by atoms with Gasteiger partial charge in [-0.25, -0.2) is 9.69 Å². The lowest BCUT2D eigenvalue weighted by Gasteiger charge is -2.37. The minimum Gasteiger partial charge on any atom is -0.440 e. The fourth-order valence-electron chi connectivity index (χ4n) is 8.63. The molecule has 5 atom stereocenters. The highest BCUT2D eigenvalue weighted by molar-refractivity contribution is 5.99. The Labute approximate surface area is 516 Å². The van der Waals surface area contributed by atoms with E-state index in [9.17, 15) is 29.7 Å². The normalized spacial score (nSPS) is 13.8. The Morgan fingerprint density at radius 3 is 1.33 bits per heavy atom. The van der Waals surface area contributed by atoms with Gasteiger partial charge in [0.05, 0.1) is 13.2 Å². The van der Waals surface area contributed by atoms with E-state index >= 15 is 0 Å². The Balaban J connectivity index is 0.000000257. The number of aliphatic hydroxyl groups is 3. The second-order valence-corrected chi connectivity index (χ2v) is 19.6. The van der Waals surface area contributed by atoms with Crippen LogP contribution in [0.3, 0.4) is 0 Å². The molecular formula is C76H63N3O9. The number of hydrogen-bond acceptors (Lipinski definition) is 11. The van der Waals surface area contributed by atoms with Crippen molar-refractivity contribution in [3.63, 3.8) is 0 Å². The van der Waals surface area contributed by atoms with E-state index in [4.69, 9.17) is 20.6 Å². The predicted octanol–water partition coefficient (Wildman–Crippen LogP) is 10.9. The number of rotatable bonds is 16. The maximum Gasteiger partial charge on any atom is 0.417 e. The van der Waals surface area contributed by atoms with Crippen molar-refractivity contribution >= 4 is 17.8 Å². The van der Waals surface area contributed by atoms with E-state index in [2.05, 4.69) is 111 Å². The molecule has 0 saturated carbocycles. The van der Waals surface area contributed by atoms with Crippen LogP contribution in [0.15, 0.2) is 189 Å². The molecule has 0 spiro atoms. The number of carbonyl (C=O) groups excluding carboxylic acids is 3. The van der Waals surface area contributed by atoms with Gasteiger partial charge in [-0.3, -0.25) is 19.6 Å². The van der Waals surface area contributed by atoms with Crippen molar-refractivity contribution in [1.29, 1.82) is 0 Å². The van der Waals surface area contributed by atoms with Gasteiger partial charge in [-0.15, -0.1) is 6.42 Å². The third-order valence-electron chi connectivity index (χ3n) is 13.2. The number of imide groups is 1. The van der Waals surface area contributed by atoms with E-state index in [0.717, 1.165) is 43.8 Å². The van der Waals surface area contributed by atoms with Crippen LogP contribution in [0.1, 0.15) is 88.1 Å². The summed E-state index contributed by atoms with van der Waals surface area (Å²) in [6, 6.07) is 50.8. The summed E-state index contributed by atoms with van der Waals surface area (Å²) in [7, 11) is 0. The highest BCUT2D eigenvalue weighted by Gasteiger charge is 2.57. The third-order valence-corrected chi connectivity index (χ3v) is 13.2. The van der Waals surface area contributed by atoms with Crippen LogP contribution in [0.2, 0.25) is 0 Å². The summed E-state index contributed by atoms with van der Waals surface area (Å²) in [6.45, 7) is 7.64. The first-order chi connectivity index (χ1) is 42.2. The Bertz CT molecular complexity index is 4060. The van der Waals surface area contributed by atoms with Gasteiger partial charge in [-0.2, -0.15) is 0 Å². The second-order valence-electron chi connectivity index (χ2n) is 19.6. The largest absolute Gasteiger partial charge is 0.440 e. The Hall–Kier alpha value is -11.2. The summed E-state index contributed by atoms with van der Waals surface area (Å²) in [6.07, 6.45) is 7.57. The minimum absolute atomic E-state index is 0. The van der Waals surface area contributed by atoms with E-state index in [0.29, 0.717) is 11.1 Å². The number of nitrogens with zero attached hydrogens (tertiary/aromatic N) is 3. The number of aromatic nitrogens is 2. The zero-order valence-corrected chi connectivity index (χ0v) is 48.5. The molecule has 0 unspecified atom stereocenters. The van der Waals surface area contributed by atoms with Gasteiger partial charge < -0.3 is 29.5 Å². The summed E-state index contributed by atoms with van der Waals surface area (Å²) in [5, 5.41) is 31.6. The molecule has 0 bridgehead atoms. The van der Waals surface area contributed by atoms with Gasteiger partial charge in [0, 0.05) is 35.9 Å². The van der Waals surface area contributed by atoms with Crippen LogP contribution in [-0.4, -0.2) is 71.4 Å². The highest BCUT2D eigenvalue weighted by atomic mass is 16.6. The second kappa shape index (κ2) is 34.6. The molecule has 12 nitrogen and oxygen atoms in total. The van der Waals surface area contributed by atoms with Crippen LogP contribution in [-0.2, 0) is 37.0 Å². The average Bonchev–Trinajstić information content (AvgIpc) is 3.87. The number of cyclic esters (lactones) is 1. The van der Waals surface area contributed by atoms with Crippen molar-refractivity contribution in [2.45, 2.75) is 90.3 Å². The molecule has 1 aliphatic heterocycles. The number of amides is 2. The average molecular weight is 1160 g/mol. The number of ether oxygens (including phenoxy) is 3. The maximum absolute atomic E-state index is 14.3. The minimum atomic E-state index is -1.84. The number of terminal acetylenes is 1. The molecule has 1 aliphatic rings. The molecule has 3 heterocycles. The topological polar surface area (TPSA) is 169 Å². The lowest BCUT2D eigenvalue weighted by molar-refractivity contribution is -0.175. The van der Waals surface area contributed by atoms with Crippen LogP contribution in [0.4, 0.5) is 4.79 Å². The standard InChI is InChI=1S/C33H32N2O5.C23H23NO4.C19H4.CH4/c1-32(2)28(26-13-8-5-9-14-26)35(31(38)40-32)30(37)33(3,29(36)27-15-10-20-34-21-27)39-22-23-16-18-25(19-17-23)24-11-6-4-7-12-24;1-23(21(26)15-25,22(27)20-8-5-13-24-14-20)28-16-17-9-11-19(12-10-17)18-6-3-2-4-7-18;1-3-5-7-9-11-13-15-17-19-18-16-14-12-10-8-6-4-2;/h4-21,28-29,36H,22H2,1-3H3;2-14,22,25,27H,15-16H2,1H3;1H,2H3;1H4/t28-,29-,33-;22-,23+;;/m00../s1. The fourth-order valence-corrected chi connectivity index (χ4v) is 8.63. The molecule has 5 aromatic carbocycles. The lowest BCUT2D eigenvalue weighted by Crippen LogP contribution is -2.54. The molecule has 436 valence electrons. The van der Waals surface area contributed by atoms with E-state index in [1.54, 1.807) is 57.4 Å². The Kier molecular flexibility index (Phi) is 26.6. The number of ketones is 1. The van der Waals surface area contributed by atoms with Gasteiger partial charge in [0.2, 0.25) is 0 Å². The van der Waals surface area contributed by atoms with Crippen molar-refractivity contribution < 1.29 is 43.9 Å². The number of pyridine rings is 2. The Morgan fingerprint density at radius 2 is 0.943 bits per heavy atom. The quantitative estimate of drug-likeness (QED) is 0.0788. The molecule has 3 N–H and O–H groups in total. The van der Waals surface area contributed by atoms with Gasteiger partial charge in [0.15, 0.2) is 17.0 Å². The Morgan fingerprint density at radius 1 is 0.568 bits per heavy atom. The molecule has 12 heteroatoms. The van der Waals surface area contributed by atoms with Gasteiger partial charge in [0.25, 0.3) is 5.91 Å². The van der Waals surface area contributed by atoms with Crippen LogP contribution < -0.4 is 0 Å². The summed E-state index contributed by atoms with van der Waals surface area (Å²) in [5.41, 5.74) is 3.14. The van der Waals surface area contributed by atoms with Crippen LogP contribution >= 0.6 is 0 Å². The number of benzene rings is 5. The molecule has 2 aromatic heterocycles. The van der Waals surface area contributed by atoms with E-state index < -0.39 is 59.4 Å². The number of Topliss-reactive ketones (excluding diaryl/α,β-unsaturated/α-hetero) is 1. The number of aliphatic hydroxyl groups excluding tert-OH is 3. The van der Waals surface area contributed by atoms with Gasteiger partial charge >= 0.3 is 6.09 Å². The van der Waals surface area contributed by atoms with Crippen LogP contribution in [0.25, 0.3) is 22.3 Å². The first-order valence-electron chi connectivity index (χ1n) is 27.0. The van der Waals surface area contributed by atoms with Crippen molar-refractivity contribution in [2.75, 3.05) is 6.61 Å². The van der Waals surface area contributed by atoms with E-state index in [1.807, 2.05) is 140 Å². The van der Waals surface area contributed by atoms with Gasteiger partial charge in [-0.05, 0) is 180 Å². The zero-order valence-electron chi connectivity index (χ0n) is 48.5. The van der Waals surface area contributed by atoms with Crippen molar-refractivity contribution in [3.8, 4) is 129 Å². The summed E-state index contributed by atoms with van der Waals surface area (Å²) in [4.78, 5) is 49.0. The van der Waals surface area contributed by atoms with Crippen LogP contribution in [0.5, 0.6) is 0 Å². The monoisotopic (exact) mass is 1160 g/mol. The fraction of sp³-hybridized carbons (Fsp3) is 0.197. The molecule has 0 radical (unpaired) electrons. The molecule has 0 aliphatic carbocycles. The number of carbonyl (C=O) groups is 3. The summed E-state index contributed by atoms with van der Waals surface area (Å²) >= 11 is 0. The highest BCUT2D eigenvalue weighted by Crippen LogP contribution is 2.44. The molecular weight excluding hydrogens is 1100 g/mol. The molecule has 2 amide bonds. The third kappa shape index (κ3) is 19.2. The number of hydrogen-bond donors (Lipinski definition) is 3. The lowest BCUT2D eigenvalue weighted by atomic mass is 9.87. The SMILES string of the molecule is C.C#CC#CC#CC#CC#CC#CC#CC#CC#CC.CC1(C)OC(=O)N(C(=O)[C@@](C)(OCc2ccc(-c3ccccc3)cc2)[C@@H](O)c2cccnc2)[C@H]1c1ccccc1.C[C@@](OCc1ccc(-c2ccccc2)cc1)(C(=O)CO)[C@@H](O)c1cccnc1. The maximum atomic E-state index is 14.3. The van der Waals surface area contributed by atoms with Gasteiger partial charge in [-0.1, -0.05) is 165 Å². The van der Waals surface area contributed by atoms with Crippen molar-refractivity contribution in [1.82, 2.24) is 14.9 Å². The van der Waals surface area contributed by atoms with Crippen molar-refractivity contribution in [2.24, 2.45) is 0 Å². The molecule has 1 fully saturated rings. The van der Waals surface area contributed by atoms with Crippen molar-refractivity contribution in [3.05, 3.63) is 216 Å². The predicted molar refractivity (Wildman–Crippen MR) is 341 cm³/mol. The first kappa shape index (κ1) is 67.6.